The number of hydrogen-bond acceptors (Lipinski definition) is 2. The Labute approximate surface area is 133 Å². The van der Waals surface area contributed by atoms with E-state index in [0.29, 0.717) is 0 Å². The van der Waals surface area contributed by atoms with Crippen molar-refractivity contribution in [3.05, 3.63) is 48.6 Å². The highest BCUT2D eigenvalue weighted by atomic mass is 35.5. The third-order valence-corrected chi connectivity index (χ3v) is 4.08. The Kier molecular flexibility index (Phi) is 4.23. The fraction of sp³-hybridized carbons (Fsp3) is 0. The quantitative estimate of drug-likeness (QED) is 0.723. The van der Waals surface area contributed by atoms with Crippen LogP contribution in [0.3, 0.4) is 0 Å². The highest BCUT2D eigenvalue weighted by Crippen LogP contribution is 2.37. The molecule has 2 aromatic rings. The Hall–Kier alpha value is -0.580. The maximum Gasteiger partial charge on any atom is 0.214 e. The van der Waals surface area contributed by atoms with Crippen LogP contribution in [0, 0.1) is 0 Å². The van der Waals surface area contributed by atoms with Gasteiger partial charge in [-0.3, -0.25) is 4.79 Å². The molecular weight excluding hydrogens is 355 g/mol. The minimum absolute atomic E-state index is 0.0271. The van der Waals surface area contributed by atoms with Crippen molar-refractivity contribution in [2.24, 2.45) is 0 Å². The van der Waals surface area contributed by atoms with E-state index >= 15 is 0 Å². The van der Waals surface area contributed by atoms with E-state index < -0.39 is 11.5 Å². The van der Waals surface area contributed by atoms with E-state index in [0.717, 1.165) is 0 Å². The first-order valence-electron chi connectivity index (χ1n) is 4.78. The molecule has 2 N–H and O–H groups in total. The Morgan fingerprint density at radius 1 is 1.05 bits per heavy atom. The molecule has 0 radical (unpaired) electrons. The predicted octanol–water partition coefficient (Wildman–Crippen LogP) is 5.22. The van der Waals surface area contributed by atoms with Crippen molar-refractivity contribution in [3.8, 4) is 5.75 Å². The third kappa shape index (κ3) is 2.67. The first-order chi connectivity index (χ1) is 8.82. The summed E-state index contributed by atoms with van der Waals surface area (Å²) < 4.78 is 0. The van der Waals surface area contributed by atoms with E-state index in [-0.39, 0.29) is 36.5 Å². The normalized spacial score (nSPS) is 10.8. The number of nitrogens with one attached hydrogen (secondary N) is 1. The summed E-state index contributed by atoms with van der Waals surface area (Å²) in [6, 6.07) is 2.58. The number of aromatic nitrogens is 1. The Morgan fingerprint density at radius 3 is 2.21 bits per heavy atom. The molecule has 1 aromatic carbocycles. The van der Waals surface area contributed by atoms with Crippen molar-refractivity contribution in [2.45, 2.75) is 0 Å². The average Bonchev–Trinajstić information content (AvgIpc) is 2.61. The third-order valence-electron chi connectivity index (χ3n) is 2.34. The second-order valence-corrected chi connectivity index (χ2v) is 5.53. The standard InChI is InChI=1S/C11H4Cl5NO2/c12-3-1-4(9(18)5(13)2-3)10(19)8-6(14)7(15)11(16)17-8/h1-2,17-18H. The molecule has 0 fully saturated rings. The van der Waals surface area contributed by atoms with E-state index in [1.807, 2.05) is 0 Å². The van der Waals surface area contributed by atoms with Crippen LogP contribution in [0.1, 0.15) is 16.1 Å². The number of ketones is 1. The van der Waals surface area contributed by atoms with Gasteiger partial charge in [0.25, 0.3) is 0 Å². The van der Waals surface area contributed by atoms with Crippen molar-refractivity contribution in [1.82, 2.24) is 4.98 Å². The number of aromatic amines is 1. The zero-order valence-corrected chi connectivity index (χ0v) is 12.7. The maximum absolute atomic E-state index is 12.2. The number of rotatable bonds is 2. The van der Waals surface area contributed by atoms with Gasteiger partial charge in [-0.25, -0.2) is 0 Å². The summed E-state index contributed by atoms with van der Waals surface area (Å²) >= 11 is 28.9. The molecular formula is C11H4Cl5NO2. The smallest absolute Gasteiger partial charge is 0.214 e. The molecule has 0 aliphatic rings. The van der Waals surface area contributed by atoms with Gasteiger partial charge in [-0.05, 0) is 12.1 Å². The van der Waals surface area contributed by atoms with Crippen molar-refractivity contribution in [1.29, 1.82) is 0 Å². The Bertz CT molecular complexity index is 680. The molecule has 19 heavy (non-hydrogen) atoms. The molecule has 0 amide bonds. The van der Waals surface area contributed by atoms with Gasteiger partial charge in [0.15, 0.2) is 0 Å². The maximum atomic E-state index is 12.2. The first kappa shape index (κ1) is 14.8. The lowest BCUT2D eigenvalue weighted by Gasteiger charge is -2.05. The molecule has 1 aromatic heterocycles. The molecule has 1 heterocycles. The summed E-state index contributed by atoms with van der Waals surface area (Å²) in [7, 11) is 0. The largest absolute Gasteiger partial charge is 0.506 e. The highest BCUT2D eigenvalue weighted by Gasteiger charge is 2.23. The van der Waals surface area contributed by atoms with Gasteiger partial charge in [0.2, 0.25) is 5.78 Å². The summed E-state index contributed by atoms with van der Waals surface area (Å²) in [5.74, 6) is -1.02. The summed E-state index contributed by atoms with van der Waals surface area (Å²) in [6.07, 6.45) is 0. The van der Waals surface area contributed by atoms with Crippen LogP contribution >= 0.6 is 58.0 Å². The zero-order valence-electron chi connectivity index (χ0n) is 8.90. The average molecular weight is 359 g/mol. The minimum atomic E-state index is -0.624. The van der Waals surface area contributed by atoms with Crippen LogP contribution in [0.4, 0.5) is 0 Å². The van der Waals surface area contributed by atoms with E-state index in [1.54, 1.807) is 0 Å². The van der Waals surface area contributed by atoms with Crippen LogP contribution in [0.5, 0.6) is 5.75 Å². The number of phenolic OH excluding ortho intramolecular Hbond substituents is 1. The zero-order chi connectivity index (χ0) is 14.3. The Balaban J connectivity index is 2.59. The van der Waals surface area contributed by atoms with Crippen molar-refractivity contribution >= 4 is 63.8 Å². The van der Waals surface area contributed by atoms with Gasteiger partial charge in [-0.15, -0.1) is 0 Å². The molecule has 8 heteroatoms. The first-order valence-corrected chi connectivity index (χ1v) is 6.67. The van der Waals surface area contributed by atoms with Gasteiger partial charge in [-0.1, -0.05) is 58.0 Å². The molecule has 0 aliphatic carbocycles. The van der Waals surface area contributed by atoms with Crippen LogP contribution in [0.15, 0.2) is 12.1 Å². The molecule has 0 saturated heterocycles. The highest BCUT2D eigenvalue weighted by molar-refractivity contribution is 6.49. The van der Waals surface area contributed by atoms with Gasteiger partial charge in [-0.2, -0.15) is 0 Å². The number of benzene rings is 1. The Morgan fingerprint density at radius 2 is 1.68 bits per heavy atom. The lowest BCUT2D eigenvalue weighted by Crippen LogP contribution is -2.03. The lowest BCUT2D eigenvalue weighted by molar-refractivity contribution is 0.103. The van der Waals surface area contributed by atoms with Gasteiger partial charge in [0, 0.05) is 5.02 Å². The molecule has 0 atom stereocenters. The van der Waals surface area contributed by atoms with E-state index in [9.17, 15) is 9.90 Å². The van der Waals surface area contributed by atoms with Gasteiger partial charge < -0.3 is 10.1 Å². The molecule has 0 spiro atoms. The topological polar surface area (TPSA) is 53.1 Å². The van der Waals surface area contributed by atoms with Crippen LogP contribution in [0.25, 0.3) is 0 Å². The molecule has 0 bridgehead atoms. The van der Waals surface area contributed by atoms with E-state index in [1.165, 1.54) is 12.1 Å². The van der Waals surface area contributed by atoms with Gasteiger partial charge in [0.05, 0.1) is 20.6 Å². The van der Waals surface area contributed by atoms with Gasteiger partial charge in [0.1, 0.15) is 16.6 Å². The van der Waals surface area contributed by atoms with E-state index in [2.05, 4.69) is 4.98 Å². The SMILES string of the molecule is O=C(c1cc(Cl)cc(Cl)c1O)c1[nH]c(Cl)c(Cl)c1Cl. The molecule has 0 aliphatic heterocycles. The minimum Gasteiger partial charge on any atom is -0.506 e. The number of halogens is 5. The molecule has 3 nitrogen and oxygen atoms in total. The predicted molar refractivity (Wildman–Crippen MR) is 77.4 cm³/mol. The fourth-order valence-corrected chi connectivity index (χ4v) is 2.56. The summed E-state index contributed by atoms with van der Waals surface area (Å²) in [5.41, 5.74) is -0.153. The second-order valence-electron chi connectivity index (χ2n) is 3.55. The fourth-order valence-electron chi connectivity index (χ4n) is 1.46. The van der Waals surface area contributed by atoms with Crippen LogP contribution < -0.4 is 0 Å². The van der Waals surface area contributed by atoms with Crippen LogP contribution in [-0.4, -0.2) is 15.9 Å². The summed E-state index contributed by atoms with van der Waals surface area (Å²) in [5, 5.41) is 9.96. The monoisotopic (exact) mass is 357 g/mol. The lowest BCUT2D eigenvalue weighted by atomic mass is 10.1. The number of carbonyl (C=O) groups excluding carboxylic acids is 1. The van der Waals surface area contributed by atoms with Gasteiger partial charge >= 0.3 is 0 Å². The van der Waals surface area contributed by atoms with E-state index in [4.69, 9.17) is 58.0 Å². The molecule has 100 valence electrons. The molecule has 2 rings (SSSR count). The van der Waals surface area contributed by atoms with Crippen molar-refractivity contribution in [3.63, 3.8) is 0 Å². The second kappa shape index (κ2) is 5.43. The number of hydrogen-bond donors (Lipinski definition) is 2. The van der Waals surface area contributed by atoms with Crippen molar-refractivity contribution < 1.29 is 9.90 Å². The summed E-state index contributed by atoms with van der Waals surface area (Å²) in [4.78, 5) is 14.8. The molecule has 0 saturated carbocycles. The number of aromatic hydroxyl groups is 1. The number of carbonyl (C=O) groups is 1. The summed E-state index contributed by atoms with van der Waals surface area (Å²) in [6.45, 7) is 0. The number of phenols is 1. The van der Waals surface area contributed by atoms with Crippen LogP contribution in [0.2, 0.25) is 25.2 Å². The number of H-pyrrole nitrogens is 1. The molecule has 0 unspecified atom stereocenters. The van der Waals surface area contributed by atoms with Crippen LogP contribution in [-0.2, 0) is 0 Å². The van der Waals surface area contributed by atoms with Crippen molar-refractivity contribution in [2.75, 3.05) is 0 Å².